The van der Waals surface area contributed by atoms with Gasteiger partial charge in [-0.2, -0.15) is 12.7 Å². The van der Waals surface area contributed by atoms with E-state index >= 15 is 0 Å². The standard InChI is InChI=1S/C13H21N3O2S2/c1-11(2)8-15-20(17,18)16(3)9-12-7-13(19-10-12)5-4-6-14/h7,10-11,15H,6,8-9,14H2,1-3H3. The van der Waals surface area contributed by atoms with E-state index in [-0.39, 0.29) is 5.92 Å². The molecule has 0 aromatic carbocycles. The van der Waals surface area contributed by atoms with Gasteiger partial charge in [0.15, 0.2) is 0 Å². The molecule has 1 aromatic heterocycles. The van der Waals surface area contributed by atoms with Crippen molar-refractivity contribution < 1.29 is 8.42 Å². The van der Waals surface area contributed by atoms with E-state index in [4.69, 9.17) is 5.73 Å². The minimum absolute atomic E-state index is 0.275. The van der Waals surface area contributed by atoms with Crippen LogP contribution in [0.25, 0.3) is 0 Å². The van der Waals surface area contributed by atoms with Crippen LogP contribution in [0.1, 0.15) is 24.3 Å². The summed E-state index contributed by atoms with van der Waals surface area (Å²) in [6, 6.07) is 1.89. The maximum Gasteiger partial charge on any atom is 0.279 e. The van der Waals surface area contributed by atoms with E-state index in [9.17, 15) is 8.42 Å². The fraction of sp³-hybridized carbons (Fsp3) is 0.538. The van der Waals surface area contributed by atoms with Crippen LogP contribution in [-0.2, 0) is 16.8 Å². The molecule has 0 aliphatic rings. The van der Waals surface area contributed by atoms with Crippen LogP contribution in [0.15, 0.2) is 11.4 Å². The Hall–Kier alpha value is -0.910. The van der Waals surface area contributed by atoms with Crippen LogP contribution in [0, 0.1) is 17.8 Å². The van der Waals surface area contributed by atoms with Crippen molar-refractivity contribution in [3.8, 4) is 11.8 Å². The lowest BCUT2D eigenvalue weighted by molar-refractivity contribution is 0.449. The second-order valence-electron chi connectivity index (χ2n) is 4.83. The highest BCUT2D eigenvalue weighted by Gasteiger charge is 2.18. The molecule has 0 radical (unpaired) electrons. The summed E-state index contributed by atoms with van der Waals surface area (Å²) in [5, 5.41) is 1.91. The Morgan fingerprint density at radius 2 is 2.20 bits per heavy atom. The Kier molecular flexibility index (Phi) is 6.65. The van der Waals surface area contributed by atoms with Gasteiger partial charge in [0.05, 0.1) is 11.4 Å². The van der Waals surface area contributed by atoms with Gasteiger partial charge in [-0.1, -0.05) is 25.7 Å². The summed E-state index contributed by atoms with van der Waals surface area (Å²) < 4.78 is 27.9. The number of thiophene rings is 1. The van der Waals surface area contributed by atoms with E-state index in [1.165, 1.54) is 15.6 Å². The lowest BCUT2D eigenvalue weighted by atomic mass is 10.2. The van der Waals surface area contributed by atoms with Crippen LogP contribution < -0.4 is 10.5 Å². The van der Waals surface area contributed by atoms with Gasteiger partial charge >= 0.3 is 0 Å². The van der Waals surface area contributed by atoms with Crippen molar-refractivity contribution in [2.24, 2.45) is 11.7 Å². The van der Waals surface area contributed by atoms with Crippen molar-refractivity contribution in [1.82, 2.24) is 9.03 Å². The second-order valence-corrected chi connectivity index (χ2v) is 7.60. The highest BCUT2D eigenvalue weighted by molar-refractivity contribution is 7.87. The highest BCUT2D eigenvalue weighted by atomic mass is 32.2. The highest BCUT2D eigenvalue weighted by Crippen LogP contribution is 2.16. The first-order valence-corrected chi connectivity index (χ1v) is 8.64. The van der Waals surface area contributed by atoms with Crippen LogP contribution in [0.4, 0.5) is 0 Å². The number of hydrogen-bond acceptors (Lipinski definition) is 4. The third kappa shape index (κ3) is 5.61. The van der Waals surface area contributed by atoms with Crippen molar-refractivity contribution >= 4 is 21.5 Å². The Morgan fingerprint density at radius 1 is 1.50 bits per heavy atom. The molecule has 5 nitrogen and oxygen atoms in total. The lowest BCUT2D eigenvalue weighted by Gasteiger charge is -2.17. The van der Waals surface area contributed by atoms with Crippen LogP contribution in [0.2, 0.25) is 0 Å². The zero-order valence-corrected chi connectivity index (χ0v) is 13.6. The third-order valence-electron chi connectivity index (χ3n) is 2.46. The first-order valence-electron chi connectivity index (χ1n) is 6.32. The van der Waals surface area contributed by atoms with E-state index < -0.39 is 10.2 Å². The number of nitrogens with two attached hydrogens (primary N) is 1. The van der Waals surface area contributed by atoms with Gasteiger partial charge in [0.1, 0.15) is 0 Å². The first-order chi connectivity index (χ1) is 9.35. The second kappa shape index (κ2) is 7.76. The molecule has 20 heavy (non-hydrogen) atoms. The zero-order chi connectivity index (χ0) is 15.2. The fourth-order valence-electron chi connectivity index (χ4n) is 1.39. The predicted octanol–water partition coefficient (Wildman–Crippen LogP) is 0.980. The molecule has 0 bridgehead atoms. The monoisotopic (exact) mass is 315 g/mol. The Morgan fingerprint density at radius 3 is 2.80 bits per heavy atom. The quantitative estimate of drug-likeness (QED) is 0.769. The molecule has 0 saturated heterocycles. The van der Waals surface area contributed by atoms with Crippen LogP contribution >= 0.6 is 11.3 Å². The van der Waals surface area contributed by atoms with E-state index in [1.54, 1.807) is 7.05 Å². The van der Waals surface area contributed by atoms with Crippen molar-refractivity contribution in [2.45, 2.75) is 20.4 Å². The zero-order valence-electron chi connectivity index (χ0n) is 12.0. The first kappa shape index (κ1) is 17.1. The molecule has 3 N–H and O–H groups in total. The van der Waals surface area contributed by atoms with Crippen molar-refractivity contribution in [3.63, 3.8) is 0 Å². The average Bonchev–Trinajstić information content (AvgIpc) is 2.81. The SMILES string of the molecule is CC(C)CNS(=O)(=O)N(C)Cc1csc(C#CCN)c1. The molecule has 7 heteroatoms. The fourth-order valence-corrected chi connectivity index (χ4v) is 3.24. The molecule has 0 aliphatic carbocycles. The number of nitrogens with one attached hydrogen (secondary N) is 1. The lowest BCUT2D eigenvalue weighted by Crippen LogP contribution is -2.39. The van der Waals surface area contributed by atoms with Gasteiger partial charge < -0.3 is 5.73 Å². The third-order valence-corrected chi connectivity index (χ3v) is 4.83. The summed E-state index contributed by atoms with van der Waals surface area (Å²) in [6.45, 7) is 5.01. The number of nitrogens with zero attached hydrogens (tertiary/aromatic N) is 1. The van der Waals surface area contributed by atoms with Gasteiger partial charge in [-0.05, 0) is 22.9 Å². The van der Waals surface area contributed by atoms with E-state index in [0.717, 1.165) is 10.4 Å². The molecule has 0 aliphatic heterocycles. The smallest absolute Gasteiger partial charge is 0.279 e. The number of hydrogen-bond donors (Lipinski definition) is 2. The van der Waals surface area contributed by atoms with Gasteiger partial charge in [0, 0.05) is 20.1 Å². The molecule has 1 rings (SSSR count). The summed E-state index contributed by atoms with van der Waals surface area (Å²) in [4.78, 5) is 0.895. The molecular weight excluding hydrogens is 294 g/mol. The molecule has 0 atom stereocenters. The predicted molar refractivity (Wildman–Crippen MR) is 83.5 cm³/mol. The maximum absolute atomic E-state index is 12.0. The van der Waals surface area contributed by atoms with Crippen LogP contribution in [-0.4, -0.2) is 32.9 Å². The normalized spacial score (nSPS) is 11.7. The minimum atomic E-state index is -3.43. The molecule has 0 amide bonds. The molecule has 0 saturated carbocycles. The summed E-state index contributed by atoms with van der Waals surface area (Å²) in [5.74, 6) is 5.99. The molecule has 0 fully saturated rings. The Labute approximate surface area is 125 Å². The molecule has 1 aromatic rings. The van der Waals surface area contributed by atoms with Gasteiger partial charge in [-0.15, -0.1) is 11.3 Å². The van der Waals surface area contributed by atoms with Gasteiger partial charge in [0.25, 0.3) is 10.2 Å². The van der Waals surface area contributed by atoms with E-state index in [1.807, 2.05) is 25.3 Å². The minimum Gasteiger partial charge on any atom is -0.320 e. The van der Waals surface area contributed by atoms with Crippen molar-refractivity contribution in [1.29, 1.82) is 0 Å². The van der Waals surface area contributed by atoms with Crippen LogP contribution in [0.3, 0.4) is 0 Å². The van der Waals surface area contributed by atoms with Crippen molar-refractivity contribution in [3.05, 3.63) is 21.9 Å². The number of rotatable bonds is 6. The Balaban J connectivity index is 2.65. The molecule has 0 spiro atoms. The Bertz CT molecular complexity index is 582. The largest absolute Gasteiger partial charge is 0.320 e. The summed E-state index contributed by atoms with van der Waals surface area (Å²) in [6.07, 6.45) is 0. The van der Waals surface area contributed by atoms with E-state index in [2.05, 4.69) is 16.6 Å². The maximum atomic E-state index is 12.0. The molecule has 112 valence electrons. The molecule has 0 unspecified atom stereocenters. The van der Waals surface area contributed by atoms with Gasteiger partial charge in [-0.3, -0.25) is 0 Å². The van der Waals surface area contributed by atoms with Crippen LogP contribution in [0.5, 0.6) is 0 Å². The summed E-state index contributed by atoms with van der Waals surface area (Å²) in [5.41, 5.74) is 6.24. The summed E-state index contributed by atoms with van der Waals surface area (Å²) >= 11 is 1.49. The average molecular weight is 315 g/mol. The molecular formula is C13H21N3O2S2. The summed E-state index contributed by atoms with van der Waals surface area (Å²) in [7, 11) is -1.87. The van der Waals surface area contributed by atoms with Gasteiger partial charge in [-0.25, -0.2) is 4.72 Å². The van der Waals surface area contributed by atoms with E-state index in [0.29, 0.717) is 19.6 Å². The van der Waals surface area contributed by atoms with Gasteiger partial charge in [0.2, 0.25) is 0 Å². The van der Waals surface area contributed by atoms with Crippen molar-refractivity contribution in [2.75, 3.05) is 20.1 Å². The topological polar surface area (TPSA) is 75.4 Å². The molecule has 1 heterocycles.